The van der Waals surface area contributed by atoms with Gasteiger partial charge in [-0.1, -0.05) is 26.3 Å². The lowest BCUT2D eigenvalue weighted by molar-refractivity contribution is 0.0895. The minimum Gasteiger partial charge on any atom is -0.290 e. The molecule has 1 aromatic heterocycles. The highest BCUT2D eigenvalue weighted by molar-refractivity contribution is 5.79. The molecule has 0 aliphatic heterocycles. The highest BCUT2D eigenvalue weighted by atomic mass is 16.2. The molecular weight excluding hydrogens is 216 g/mol. The number of nitrogens with zero attached hydrogens (tertiary/aromatic N) is 2. The van der Waals surface area contributed by atoms with Crippen molar-refractivity contribution in [1.29, 1.82) is 0 Å². The molecule has 0 aliphatic rings. The molecule has 0 spiro atoms. The van der Waals surface area contributed by atoms with Crippen LogP contribution in [0.3, 0.4) is 0 Å². The second kappa shape index (κ2) is 6.23. The van der Waals surface area contributed by atoms with Crippen molar-refractivity contribution in [2.75, 3.05) is 0 Å². The zero-order valence-electron chi connectivity index (χ0n) is 10.5. The number of hydrogen-bond acceptors (Lipinski definition) is 2. The quantitative estimate of drug-likeness (QED) is 0.787. The molecule has 93 valence electrons. The smallest absolute Gasteiger partial charge is 0.290 e. The number of rotatable bonds is 5. The fourth-order valence-electron chi connectivity index (χ4n) is 1.50. The molecule has 1 aromatic rings. The van der Waals surface area contributed by atoms with Gasteiger partial charge in [0.25, 0.3) is 0 Å². The summed E-state index contributed by atoms with van der Waals surface area (Å²) in [4.78, 5) is 23.5. The van der Waals surface area contributed by atoms with Crippen molar-refractivity contribution in [2.45, 2.75) is 39.5 Å². The van der Waals surface area contributed by atoms with Crippen molar-refractivity contribution in [3.63, 3.8) is 0 Å². The van der Waals surface area contributed by atoms with E-state index in [4.69, 9.17) is 0 Å². The van der Waals surface area contributed by atoms with Crippen molar-refractivity contribution in [3.8, 4) is 0 Å². The summed E-state index contributed by atoms with van der Waals surface area (Å²) in [5, 5.41) is 0. The van der Waals surface area contributed by atoms with Gasteiger partial charge in [-0.15, -0.1) is 0 Å². The first kappa shape index (κ1) is 13.5. The maximum atomic E-state index is 11.8. The SMILES string of the molecule is [CH2]n1c(C=CCC)cn(C(=O)CCCC)c1=O. The maximum Gasteiger partial charge on any atom is 0.335 e. The van der Waals surface area contributed by atoms with E-state index in [-0.39, 0.29) is 11.6 Å². The zero-order valence-corrected chi connectivity index (χ0v) is 10.5. The molecule has 0 amide bonds. The van der Waals surface area contributed by atoms with Gasteiger partial charge in [-0.05, 0) is 18.9 Å². The Hall–Kier alpha value is -1.58. The van der Waals surface area contributed by atoms with Crippen LogP contribution >= 0.6 is 0 Å². The fourth-order valence-corrected chi connectivity index (χ4v) is 1.50. The van der Waals surface area contributed by atoms with Crippen LogP contribution in [-0.4, -0.2) is 15.0 Å². The van der Waals surface area contributed by atoms with Crippen molar-refractivity contribution < 1.29 is 4.79 Å². The van der Waals surface area contributed by atoms with Crippen LogP contribution in [0.4, 0.5) is 0 Å². The third-order valence-corrected chi connectivity index (χ3v) is 2.55. The first-order valence-corrected chi connectivity index (χ1v) is 5.96. The summed E-state index contributed by atoms with van der Waals surface area (Å²) in [5.74, 6) is -0.162. The number of unbranched alkanes of at least 4 members (excludes halogenated alkanes) is 1. The van der Waals surface area contributed by atoms with E-state index in [9.17, 15) is 9.59 Å². The van der Waals surface area contributed by atoms with Gasteiger partial charge >= 0.3 is 5.69 Å². The van der Waals surface area contributed by atoms with Gasteiger partial charge in [0.05, 0.1) is 5.69 Å². The Morgan fingerprint density at radius 2 is 2.18 bits per heavy atom. The molecule has 0 atom stereocenters. The third kappa shape index (κ3) is 3.19. The van der Waals surface area contributed by atoms with Crippen LogP contribution in [0, 0.1) is 7.05 Å². The Bertz CT molecular complexity index is 466. The second-order valence-electron chi connectivity index (χ2n) is 3.94. The lowest BCUT2D eigenvalue weighted by Gasteiger charge is -1.97. The predicted octanol–water partition coefficient (Wildman–Crippen LogP) is 2.54. The Balaban J connectivity index is 2.98. The summed E-state index contributed by atoms with van der Waals surface area (Å²) >= 11 is 0. The molecule has 1 rings (SSSR count). The number of hydrogen-bond donors (Lipinski definition) is 0. The maximum absolute atomic E-state index is 11.8. The van der Waals surface area contributed by atoms with Gasteiger partial charge in [-0.25, -0.2) is 9.36 Å². The Labute approximate surface area is 102 Å². The van der Waals surface area contributed by atoms with E-state index in [1.807, 2.05) is 19.9 Å². The summed E-state index contributed by atoms with van der Waals surface area (Å²) in [6.45, 7) is 4.02. The number of aromatic nitrogens is 2. The Kier molecular flexibility index (Phi) is 4.94. The molecule has 4 nitrogen and oxygen atoms in total. The molecule has 1 heterocycles. The van der Waals surface area contributed by atoms with Gasteiger partial charge in [-0.3, -0.25) is 9.36 Å². The Morgan fingerprint density at radius 1 is 1.47 bits per heavy atom. The molecule has 4 heteroatoms. The van der Waals surface area contributed by atoms with E-state index in [1.165, 1.54) is 4.57 Å². The number of allylic oxidation sites excluding steroid dienone is 1. The van der Waals surface area contributed by atoms with Gasteiger partial charge in [0, 0.05) is 19.7 Å². The summed E-state index contributed by atoms with van der Waals surface area (Å²) < 4.78 is 2.40. The normalized spacial score (nSPS) is 11.2. The first-order chi connectivity index (χ1) is 8.11. The van der Waals surface area contributed by atoms with Crippen LogP contribution in [0.25, 0.3) is 6.08 Å². The van der Waals surface area contributed by atoms with E-state index in [0.29, 0.717) is 12.1 Å². The van der Waals surface area contributed by atoms with E-state index < -0.39 is 0 Å². The van der Waals surface area contributed by atoms with Crippen LogP contribution < -0.4 is 5.69 Å². The van der Waals surface area contributed by atoms with Gasteiger partial charge in [0.15, 0.2) is 0 Å². The van der Waals surface area contributed by atoms with Crippen molar-refractivity contribution in [2.24, 2.45) is 0 Å². The predicted molar refractivity (Wildman–Crippen MR) is 68.9 cm³/mol. The van der Waals surface area contributed by atoms with Crippen LogP contribution in [0.2, 0.25) is 0 Å². The van der Waals surface area contributed by atoms with Crippen LogP contribution in [0.15, 0.2) is 17.1 Å². The first-order valence-electron chi connectivity index (χ1n) is 5.96. The lowest BCUT2D eigenvalue weighted by atomic mass is 10.2. The molecule has 1 radical (unpaired) electrons. The van der Waals surface area contributed by atoms with Crippen molar-refractivity contribution >= 4 is 12.0 Å². The molecule has 0 fully saturated rings. The van der Waals surface area contributed by atoms with E-state index >= 15 is 0 Å². The number of imidazole rings is 1. The third-order valence-electron chi connectivity index (χ3n) is 2.55. The highest BCUT2D eigenvalue weighted by Crippen LogP contribution is 2.03. The summed E-state index contributed by atoms with van der Waals surface area (Å²) in [6, 6.07) is 0. The fraction of sp³-hybridized carbons (Fsp3) is 0.462. The molecule has 0 aromatic carbocycles. The van der Waals surface area contributed by atoms with E-state index in [2.05, 4.69) is 7.05 Å². The molecule has 17 heavy (non-hydrogen) atoms. The van der Waals surface area contributed by atoms with Gasteiger partial charge in [0.1, 0.15) is 0 Å². The summed E-state index contributed by atoms with van der Waals surface area (Å²) in [7, 11) is 3.64. The van der Waals surface area contributed by atoms with Crippen molar-refractivity contribution in [3.05, 3.63) is 35.5 Å². The molecule has 0 saturated carbocycles. The van der Waals surface area contributed by atoms with E-state index in [0.717, 1.165) is 23.8 Å². The minimum absolute atomic E-state index is 0.162. The molecule has 0 aliphatic carbocycles. The van der Waals surface area contributed by atoms with E-state index in [1.54, 1.807) is 12.3 Å². The summed E-state index contributed by atoms with van der Waals surface area (Å²) in [5.41, 5.74) is 0.281. The lowest BCUT2D eigenvalue weighted by Crippen LogP contribution is -2.26. The molecule has 0 bridgehead atoms. The molecule has 0 unspecified atom stereocenters. The van der Waals surface area contributed by atoms with Crippen molar-refractivity contribution in [1.82, 2.24) is 9.13 Å². The highest BCUT2D eigenvalue weighted by Gasteiger charge is 2.11. The van der Waals surface area contributed by atoms with Crippen LogP contribution in [0.5, 0.6) is 0 Å². The van der Waals surface area contributed by atoms with Crippen LogP contribution in [-0.2, 0) is 0 Å². The number of carbonyl (C=O) groups is 1. The van der Waals surface area contributed by atoms with Gasteiger partial charge in [-0.2, -0.15) is 0 Å². The van der Waals surface area contributed by atoms with Gasteiger partial charge in [0.2, 0.25) is 5.91 Å². The molecule has 0 N–H and O–H groups in total. The Morgan fingerprint density at radius 3 is 2.76 bits per heavy atom. The average molecular weight is 235 g/mol. The largest absolute Gasteiger partial charge is 0.335 e. The van der Waals surface area contributed by atoms with Gasteiger partial charge < -0.3 is 0 Å². The minimum atomic E-state index is -0.373. The monoisotopic (exact) mass is 235 g/mol. The van der Waals surface area contributed by atoms with Crippen LogP contribution in [0.1, 0.15) is 50.0 Å². The average Bonchev–Trinajstić information content (AvgIpc) is 2.61. The zero-order chi connectivity index (χ0) is 12.8. The molecule has 0 saturated heterocycles. The standard InChI is InChI=1S/C13H19N2O2/c1-4-6-8-11-10-15(13(17)14(11)3)12(16)9-7-5-2/h6,8,10H,3-5,7,9H2,1-2H3. The summed E-state index contributed by atoms with van der Waals surface area (Å²) in [6.07, 6.45) is 8.30. The number of carbonyl (C=O) groups excluding carboxylic acids is 1. The topological polar surface area (TPSA) is 44.0 Å². The second-order valence-corrected chi connectivity index (χ2v) is 3.94. The molecular formula is C13H19N2O2.